The van der Waals surface area contributed by atoms with Gasteiger partial charge in [-0.3, -0.25) is 14.4 Å². The normalized spacial score (nSPS) is 10.7. The molecule has 0 aliphatic carbocycles. The fourth-order valence-corrected chi connectivity index (χ4v) is 4.45. The average Bonchev–Trinajstić information content (AvgIpc) is 2.94. The number of benzene rings is 3. The lowest BCUT2D eigenvalue weighted by molar-refractivity contribution is -0.136. The van der Waals surface area contributed by atoms with Gasteiger partial charge in [0.15, 0.2) is 6.61 Å². The maximum atomic E-state index is 13.4. The molecule has 3 N–H and O–H groups in total. The molecule has 10 heteroatoms. The van der Waals surface area contributed by atoms with Crippen molar-refractivity contribution in [2.75, 3.05) is 41.9 Å². The van der Waals surface area contributed by atoms with Gasteiger partial charge in [-0.1, -0.05) is 44.2 Å². The van der Waals surface area contributed by atoms with Crippen molar-refractivity contribution in [2.24, 2.45) is 5.92 Å². The average molecular weight is 589 g/mol. The Bertz CT molecular complexity index is 1430. The number of anilines is 3. The summed E-state index contributed by atoms with van der Waals surface area (Å²) in [4.78, 5) is 53.1. The highest BCUT2D eigenvalue weighted by Gasteiger charge is 2.22. The minimum absolute atomic E-state index is 0.171. The number of urea groups is 1. The molecule has 43 heavy (non-hydrogen) atoms. The van der Waals surface area contributed by atoms with Crippen molar-refractivity contribution in [3.8, 4) is 5.75 Å². The van der Waals surface area contributed by atoms with E-state index in [2.05, 4.69) is 24.5 Å². The number of carboxylic acid groups (broad SMARTS) is 1. The molecule has 0 aliphatic rings. The molecule has 3 rings (SSSR count). The predicted octanol–water partition coefficient (Wildman–Crippen LogP) is 5.17. The maximum Gasteiger partial charge on any atom is 0.319 e. The van der Waals surface area contributed by atoms with E-state index in [4.69, 9.17) is 9.84 Å². The number of carbonyl (C=O) groups excluding carboxylic acids is 3. The summed E-state index contributed by atoms with van der Waals surface area (Å²) in [6.07, 6.45) is 0.534. The molecule has 4 amide bonds. The summed E-state index contributed by atoms with van der Waals surface area (Å²) in [6.45, 7) is 7.92. The molecular weight excluding hydrogens is 548 g/mol. The van der Waals surface area contributed by atoms with E-state index in [9.17, 15) is 19.2 Å². The number of likely N-dealkylation sites (N-methyl/N-ethyl adjacent to an activating group) is 1. The van der Waals surface area contributed by atoms with Gasteiger partial charge in [0.2, 0.25) is 5.91 Å². The zero-order chi connectivity index (χ0) is 31.5. The summed E-state index contributed by atoms with van der Waals surface area (Å²) >= 11 is 0. The van der Waals surface area contributed by atoms with Crippen LogP contribution in [-0.4, -0.2) is 55.7 Å². The minimum atomic E-state index is -0.976. The summed E-state index contributed by atoms with van der Waals surface area (Å²) in [5, 5.41) is 14.2. The van der Waals surface area contributed by atoms with Crippen LogP contribution in [0.5, 0.6) is 5.75 Å². The number of nitrogens with zero attached hydrogens (tertiary/aromatic N) is 2. The van der Waals surface area contributed by atoms with Crippen molar-refractivity contribution in [1.82, 2.24) is 5.32 Å². The molecule has 0 atom stereocenters. The summed E-state index contributed by atoms with van der Waals surface area (Å²) in [6, 6.07) is 18.8. The van der Waals surface area contributed by atoms with E-state index >= 15 is 0 Å². The van der Waals surface area contributed by atoms with E-state index in [0.29, 0.717) is 41.6 Å². The Morgan fingerprint density at radius 3 is 2.28 bits per heavy atom. The van der Waals surface area contributed by atoms with Gasteiger partial charge in [-0.2, -0.15) is 0 Å². The molecule has 0 unspecified atom stereocenters. The second-order valence-electron chi connectivity index (χ2n) is 10.9. The quantitative estimate of drug-likeness (QED) is 0.253. The van der Waals surface area contributed by atoms with E-state index in [0.717, 1.165) is 16.8 Å². The highest BCUT2D eigenvalue weighted by molar-refractivity contribution is 5.99. The molecule has 0 radical (unpaired) electrons. The second kappa shape index (κ2) is 15.4. The van der Waals surface area contributed by atoms with Gasteiger partial charge >= 0.3 is 12.0 Å². The Morgan fingerprint density at radius 2 is 1.60 bits per heavy atom. The molecule has 228 valence electrons. The van der Waals surface area contributed by atoms with Crippen LogP contribution in [0.2, 0.25) is 0 Å². The number of carboxylic acids is 1. The molecule has 0 heterocycles. The van der Waals surface area contributed by atoms with Crippen molar-refractivity contribution in [2.45, 2.75) is 40.5 Å². The topological polar surface area (TPSA) is 128 Å². The van der Waals surface area contributed by atoms with Gasteiger partial charge in [0, 0.05) is 25.0 Å². The minimum Gasteiger partial charge on any atom is -0.482 e. The van der Waals surface area contributed by atoms with Crippen LogP contribution in [0.4, 0.5) is 21.9 Å². The smallest absolute Gasteiger partial charge is 0.319 e. The van der Waals surface area contributed by atoms with Crippen LogP contribution in [0.15, 0.2) is 66.7 Å². The number of nitrogens with one attached hydrogen (secondary N) is 2. The van der Waals surface area contributed by atoms with Crippen molar-refractivity contribution in [3.63, 3.8) is 0 Å². The van der Waals surface area contributed by atoms with E-state index in [1.807, 2.05) is 32.0 Å². The van der Waals surface area contributed by atoms with E-state index < -0.39 is 12.0 Å². The molecular formula is C33H40N4O6. The molecule has 0 saturated heterocycles. The van der Waals surface area contributed by atoms with Gasteiger partial charge in [-0.25, -0.2) is 4.79 Å². The summed E-state index contributed by atoms with van der Waals surface area (Å²) < 4.78 is 5.96. The van der Waals surface area contributed by atoms with Gasteiger partial charge in [0.1, 0.15) is 5.75 Å². The Balaban J connectivity index is 1.69. The lowest BCUT2D eigenvalue weighted by Gasteiger charge is -2.26. The third-order valence-corrected chi connectivity index (χ3v) is 6.65. The fourth-order valence-electron chi connectivity index (χ4n) is 4.45. The maximum absolute atomic E-state index is 13.4. The van der Waals surface area contributed by atoms with Crippen LogP contribution in [0.1, 0.15) is 37.0 Å². The SMILES string of the molecule is Cc1cc(C)cc(N(C)C(=O)COc2ccccc2N(CCC(C)C)C(=O)CNC(=O)Nc2cccc(CC(=O)O)c2)c1. The van der Waals surface area contributed by atoms with Gasteiger partial charge in [-0.05, 0) is 79.3 Å². The standard InChI is InChI=1S/C33H40N4O6/c1-22(2)13-14-37(30(38)20-34-33(42)35-26-10-8-9-25(18-26)19-32(40)41)28-11-6-7-12-29(28)43-21-31(39)36(5)27-16-23(3)15-24(4)17-27/h6-12,15-18,22H,13-14,19-21H2,1-5H3,(H,40,41)(H2,34,35,42). The number of rotatable bonds is 13. The molecule has 10 nitrogen and oxygen atoms in total. The van der Waals surface area contributed by atoms with Crippen LogP contribution in [-0.2, 0) is 20.8 Å². The van der Waals surface area contributed by atoms with Crippen molar-refractivity contribution in [3.05, 3.63) is 83.4 Å². The van der Waals surface area contributed by atoms with Crippen LogP contribution in [0.25, 0.3) is 0 Å². The van der Waals surface area contributed by atoms with E-state index in [1.165, 1.54) is 0 Å². The van der Waals surface area contributed by atoms with Gasteiger partial charge in [-0.15, -0.1) is 0 Å². The number of hydrogen-bond acceptors (Lipinski definition) is 5. The van der Waals surface area contributed by atoms with Crippen LogP contribution in [0, 0.1) is 19.8 Å². The Labute approximate surface area is 252 Å². The first kappa shape index (κ1) is 32.7. The van der Waals surface area contributed by atoms with Crippen LogP contribution in [0.3, 0.4) is 0 Å². The van der Waals surface area contributed by atoms with Crippen LogP contribution >= 0.6 is 0 Å². The van der Waals surface area contributed by atoms with Crippen molar-refractivity contribution < 1.29 is 29.0 Å². The summed E-state index contributed by atoms with van der Waals surface area (Å²) in [5.41, 5.74) is 4.32. The number of carbonyl (C=O) groups is 4. The predicted molar refractivity (Wildman–Crippen MR) is 168 cm³/mol. The van der Waals surface area contributed by atoms with Gasteiger partial charge < -0.3 is 30.3 Å². The van der Waals surface area contributed by atoms with E-state index in [1.54, 1.807) is 65.4 Å². The lowest BCUT2D eigenvalue weighted by Crippen LogP contribution is -2.42. The molecule has 0 aromatic heterocycles. The van der Waals surface area contributed by atoms with Crippen molar-refractivity contribution in [1.29, 1.82) is 0 Å². The Kier molecular flexibility index (Phi) is 11.7. The van der Waals surface area contributed by atoms with Crippen molar-refractivity contribution >= 4 is 40.9 Å². The number of aliphatic carboxylic acids is 1. The molecule has 0 fully saturated rings. The molecule has 0 spiro atoms. The summed E-state index contributed by atoms with van der Waals surface area (Å²) in [7, 11) is 1.70. The van der Waals surface area contributed by atoms with E-state index in [-0.39, 0.29) is 31.4 Å². The first-order valence-corrected chi connectivity index (χ1v) is 14.2. The molecule has 3 aromatic rings. The molecule has 0 aliphatic heterocycles. The van der Waals surface area contributed by atoms with Gasteiger partial charge in [0.25, 0.3) is 5.91 Å². The zero-order valence-electron chi connectivity index (χ0n) is 25.3. The number of aryl methyl sites for hydroxylation is 2. The Hall–Kier alpha value is -4.86. The van der Waals surface area contributed by atoms with Gasteiger partial charge in [0.05, 0.1) is 18.7 Å². The highest BCUT2D eigenvalue weighted by atomic mass is 16.5. The molecule has 3 aromatic carbocycles. The fraction of sp³-hybridized carbons (Fsp3) is 0.333. The lowest BCUT2D eigenvalue weighted by atomic mass is 10.1. The largest absolute Gasteiger partial charge is 0.482 e. The van der Waals surface area contributed by atoms with Crippen LogP contribution < -0.4 is 25.2 Å². The molecule has 0 bridgehead atoms. The number of hydrogen-bond donors (Lipinski definition) is 3. The number of ether oxygens (including phenoxy) is 1. The first-order valence-electron chi connectivity index (χ1n) is 14.2. The monoisotopic (exact) mass is 588 g/mol. The second-order valence-corrected chi connectivity index (χ2v) is 10.9. The Morgan fingerprint density at radius 1 is 0.907 bits per heavy atom. The zero-order valence-corrected chi connectivity index (χ0v) is 25.3. The first-order chi connectivity index (χ1) is 20.4. The summed E-state index contributed by atoms with van der Waals surface area (Å²) in [5.74, 6) is -0.890. The number of amides is 4. The third-order valence-electron chi connectivity index (χ3n) is 6.65. The number of para-hydroxylation sites is 2. The third kappa shape index (κ3) is 10.2. The molecule has 0 saturated carbocycles. The highest BCUT2D eigenvalue weighted by Crippen LogP contribution is 2.29.